The highest BCUT2D eigenvalue weighted by molar-refractivity contribution is 5.65. The van der Waals surface area contributed by atoms with Gasteiger partial charge in [-0.25, -0.2) is 4.39 Å². The minimum absolute atomic E-state index is 0.0868. The molecule has 18 heavy (non-hydrogen) atoms. The highest BCUT2D eigenvalue weighted by Crippen LogP contribution is 2.29. The molecule has 1 aromatic rings. The SMILES string of the molecule is CC(=O)OCC(O)C1CCc2cc(F)ccc2O1. The Kier molecular flexibility index (Phi) is 3.81. The second-order valence-corrected chi connectivity index (χ2v) is 4.32. The van der Waals surface area contributed by atoms with Gasteiger partial charge in [0, 0.05) is 6.92 Å². The van der Waals surface area contributed by atoms with Gasteiger partial charge in [0.1, 0.15) is 30.4 Å². The van der Waals surface area contributed by atoms with Gasteiger partial charge in [0.05, 0.1) is 0 Å². The average molecular weight is 254 g/mol. The van der Waals surface area contributed by atoms with E-state index in [9.17, 15) is 14.3 Å². The van der Waals surface area contributed by atoms with Crippen molar-refractivity contribution >= 4 is 5.97 Å². The molecule has 0 spiro atoms. The molecular formula is C13H15FO4. The maximum absolute atomic E-state index is 13.0. The lowest BCUT2D eigenvalue weighted by atomic mass is 9.99. The first kappa shape index (κ1) is 12.8. The zero-order chi connectivity index (χ0) is 13.1. The number of carbonyl (C=O) groups excluding carboxylic acids is 1. The third-order valence-electron chi connectivity index (χ3n) is 2.89. The standard InChI is InChI=1S/C13H15FO4/c1-8(15)17-7-11(16)13-4-2-9-6-10(14)3-5-12(9)18-13/h3,5-6,11,13,16H,2,4,7H2,1H3. The Morgan fingerprint density at radius 1 is 1.67 bits per heavy atom. The summed E-state index contributed by atoms with van der Waals surface area (Å²) in [5.74, 6) is -0.155. The number of ether oxygens (including phenoxy) is 2. The van der Waals surface area contributed by atoms with E-state index in [2.05, 4.69) is 0 Å². The number of aryl methyl sites for hydroxylation is 1. The molecule has 1 aliphatic heterocycles. The van der Waals surface area contributed by atoms with Crippen LogP contribution in [0.4, 0.5) is 4.39 Å². The molecule has 98 valence electrons. The Bertz CT molecular complexity index is 447. The largest absolute Gasteiger partial charge is 0.487 e. The number of carbonyl (C=O) groups is 1. The maximum atomic E-state index is 13.0. The number of fused-ring (bicyclic) bond motifs is 1. The van der Waals surface area contributed by atoms with Crippen molar-refractivity contribution in [2.24, 2.45) is 0 Å². The molecule has 4 nitrogen and oxygen atoms in total. The van der Waals surface area contributed by atoms with E-state index in [1.54, 1.807) is 6.07 Å². The van der Waals surface area contributed by atoms with Crippen molar-refractivity contribution < 1.29 is 23.8 Å². The van der Waals surface area contributed by atoms with Gasteiger partial charge in [-0.2, -0.15) is 0 Å². The molecule has 2 unspecified atom stereocenters. The summed E-state index contributed by atoms with van der Waals surface area (Å²) in [5.41, 5.74) is 0.797. The number of hydrogen-bond donors (Lipinski definition) is 1. The maximum Gasteiger partial charge on any atom is 0.302 e. The molecule has 1 heterocycles. The molecule has 0 saturated heterocycles. The average Bonchev–Trinajstić information content (AvgIpc) is 2.35. The van der Waals surface area contributed by atoms with Crippen molar-refractivity contribution in [3.8, 4) is 5.75 Å². The summed E-state index contributed by atoms with van der Waals surface area (Å²) in [4.78, 5) is 10.7. The van der Waals surface area contributed by atoms with Crippen molar-refractivity contribution in [2.75, 3.05) is 6.61 Å². The number of benzene rings is 1. The van der Waals surface area contributed by atoms with Crippen LogP contribution in [0.15, 0.2) is 18.2 Å². The molecule has 0 radical (unpaired) electrons. The Morgan fingerprint density at radius 2 is 2.44 bits per heavy atom. The van der Waals surface area contributed by atoms with E-state index in [0.29, 0.717) is 18.6 Å². The lowest BCUT2D eigenvalue weighted by molar-refractivity contribution is -0.146. The van der Waals surface area contributed by atoms with Crippen LogP contribution in [0.25, 0.3) is 0 Å². The molecule has 0 fully saturated rings. The fourth-order valence-corrected chi connectivity index (χ4v) is 1.96. The zero-order valence-corrected chi connectivity index (χ0v) is 10.1. The summed E-state index contributed by atoms with van der Waals surface area (Å²) in [5, 5.41) is 9.83. The van der Waals surface area contributed by atoms with E-state index < -0.39 is 18.2 Å². The van der Waals surface area contributed by atoms with E-state index in [4.69, 9.17) is 9.47 Å². The molecule has 0 aromatic heterocycles. The van der Waals surface area contributed by atoms with Crippen molar-refractivity contribution in [2.45, 2.75) is 32.0 Å². The van der Waals surface area contributed by atoms with E-state index in [-0.39, 0.29) is 12.4 Å². The van der Waals surface area contributed by atoms with Crippen LogP contribution in [-0.4, -0.2) is 29.9 Å². The van der Waals surface area contributed by atoms with Gasteiger partial charge in [-0.15, -0.1) is 0 Å². The van der Waals surface area contributed by atoms with Crippen LogP contribution in [0.5, 0.6) is 5.75 Å². The zero-order valence-electron chi connectivity index (χ0n) is 10.1. The van der Waals surface area contributed by atoms with Gasteiger partial charge in [-0.1, -0.05) is 0 Å². The van der Waals surface area contributed by atoms with Crippen molar-refractivity contribution in [1.29, 1.82) is 0 Å². The van der Waals surface area contributed by atoms with E-state index in [0.717, 1.165) is 5.56 Å². The number of aliphatic hydroxyl groups excluding tert-OH is 1. The van der Waals surface area contributed by atoms with Crippen molar-refractivity contribution in [3.05, 3.63) is 29.6 Å². The summed E-state index contributed by atoms with van der Waals surface area (Å²) < 4.78 is 23.3. The van der Waals surface area contributed by atoms with Crippen LogP contribution in [0.2, 0.25) is 0 Å². The lowest BCUT2D eigenvalue weighted by Gasteiger charge is -2.29. The molecule has 0 saturated carbocycles. The van der Waals surface area contributed by atoms with Crippen LogP contribution in [0, 0.1) is 5.82 Å². The molecule has 0 bridgehead atoms. The molecular weight excluding hydrogens is 239 g/mol. The number of rotatable bonds is 3. The molecule has 1 N–H and O–H groups in total. The van der Waals surface area contributed by atoms with Gasteiger partial charge >= 0.3 is 5.97 Å². The van der Waals surface area contributed by atoms with Crippen molar-refractivity contribution in [3.63, 3.8) is 0 Å². The highest BCUT2D eigenvalue weighted by atomic mass is 19.1. The highest BCUT2D eigenvalue weighted by Gasteiger charge is 2.27. The second kappa shape index (κ2) is 5.35. The summed E-state index contributed by atoms with van der Waals surface area (Å²) in [6, 6.07) is 4.30. The minimum Gasteiger partial charge on any atom is -0.487 e. The van der Waals surface area contributed by atoms with Crippen LogP contribution in [0.1, 0.15) is 18.9 Å². The topological polar surface area (TPSA) is 55.8 Å². The van der Waals surface area contributed by atoms with Gasteiger partial charge in [-0.05, 0) is 36.6 Å². The van der Waals surface area contributed by atoms with Gasteiger partial charge in [0.15, 0.2) is 0 Å². The number of halogens is 1. The van der Waals surface area contributed by atoms with Gasteiger partial charge < -0.3 is 14.6 Å². The Balaban J connectivity index is 1.98. The van der Waals surface area contributed by atoms with Crippen LogP contribution in [-0.2, 0) is 16.0 Å². The Hall–Kier alpha value is -1.62. The fourth-order valence-electron chi connectivity index (χ4n) is 1.96. The summed E-state index contributed by atoms with van der Waals surface area (Å²) in [6.07, 6.45) is -0.0947. The lowest BCUT2D eigenvalue weighted by Crippen LogP contribution is -2.38. The summed E-state index contributed by atoms with van der Waals surface area (Å²) in [7, 11) is 0. The summed E-state index contributed by atoms with van der Waals surface area (Å²) >= 11 is 0. The molecule has 0 aliphatic carbocycles. The predicted molar refractivity (Wildman–Crippen MR) is 61.8 cm³/mol. The minimum atomic E-state index is -0.868. The molecule has 2 rings (SSSR count). The first-order valence-electron chi connectivity index (χ1n) is 5.83. The van der Waals surface area contributed by atoms with Crippen LogP contribution >= 0.6 is 0 Å². The number of aliphatic hydroxyl groups is 1. The van der Waals surface area contributed by atoms with Gasteiger partial charge in [-0.3, -0.25) is 4.79 Å². The fraction of sp³-hybridized carbons (Fsp3) is 0.462. The van der Waals surface area contributed by atoms with Crippen LogP contribution in [0.3, 0.4) is 0 Å². The Morgan fingerprint density at radius 3 is 3.17 bits per heavy atom. The van der Waals surface area contributed by atoms with E-state index in [1.807, 2.05) is 0 Å². The summed E-state index contributed by atoms with van der Waals surface area (Å²) in [6.45, 7) is 1.20. The predicted octanol–water partition coefficient (Wildman–Crippen LogP) is 1.44. The number of esters is 1. The smallest absolute Gasteiger partial charge is 0.302 e. The van der Waals surface area contributed by atoms with Gasteiger partial charge in [0.25, 0.3) is 0 Å². The molecule has 0 amide bonds. The third-order valence-corrected chi connectivity index (χ3v) is 2.89. The van der Waals surface area contributed by atoms with Gasteiger partial charge in [0.2, 0.25) is 0 Å². The molecule has 2 atom stereocenters. The first-order chi connectivity index (χ1) is 8.56. The Labute approximate surface area is 104 Å². The second-order valence-electron chi connectivity index (χ2n) is 4.32. The molecule has 1 aliphatic rings. The van der Waals surface area contributed by atoms with Crippen LogP contribution < -0.4 is 4.74 Å². The molecule has 1 aromatic carbocycles. The first-order valence-corrected chi connectivity index (χ1v) is 5.83. The third kappa shape index (κ3) is 2.98. The monoisotopic (exact) mass is 254 g/mol. The van der Waals surface area contributed by atoms with E-state index in [1.165, 1.54) is 19.1 Å². The quantitative estimate of drug-likeness (QED) is 0.829. The molecule has 5 heteroatoms. The van der Waals surface area contributed by atoms with E-state index >= 15 is 0 Å². The normalized spacial score (nSPS) is 19.6. The van der Waals surface area contributed by atoms with Crippen molar-refractivity contribution in [1.82, 2.24) is 0 Å². The number of hydrogen-bond acceptors (Lipinski definition) is 4.